The van der Waals surface area contributed by atoms with Crippen LogP contribution in [-0.2, 0) is 4.79 Å². The Bertz CT molecular complexity index is 1810. The molecule has 1 amide bonds. The highest BCUT2D eigenvalue weighted by Gasteiger charge is 2.35. The summed E-state index contributed by atoms with van der Waals surface area (Å²) in [7, 11) is 2.05. The van der Waals surface area contributed by atoms with Gasteiger partial charge in [0.15, 0.2) is 5.83 Å². The van der Waals surface area contributed by atoms with Gasteiger partial charge in [-0.1, -0.05) is 30.3 Å². The van der Waals surface area contributed by atoms with Gasteiger partial charge in [0.05, 0.1) is 5.52 Å². The summed E-state index contributed by atoms with van der Waals surface area (Å²) < 4.78 is 36.0. The van der Waals surface area contributed by atoms with Crippen LogP contribution in [0.3, 0.4) is 0 Å². The van der Waals surface area contributed by atoms with E-state index in [0.29, 0.717) is 39.3 Å². The first-order chi connectivity index (χ1) is 21.2. The van der Waals surface area contributed by atoms with Gasteiger partial charge in [0.25, 0.3) is 5.91 Å². The van der Waals surface area contributed by atoms with Crippen LogP contribution in [0.5, 0.6) is 6.01 Å². The van der Waals surface area contributed by atoms with Gasteiger partial charge in [-0.25, -0.2) is 15.4 Å². The molecule has 0 spiro atoms. The number of piperazine rings is 1. The fourth-order valence-electron chi connectivity index (χ4n) is 6.11. The summed E-state index contributed by atoms with van der Waals surface area (Å²) in [6.45, 7) is 12.5. The number of carbonyl (C=O) groups excluding carboxylic acids is 1. The number of pyridine rings is 1. The largest absolute Gasteiger partial charge is 0.462 e. The molecule has 0 N–H and O–H groups in total. The van der Waals surface area contributed by atoms with Crippen LogP contribution in [0.1, 0.15) is 12.8 Å². The summed E-state index contributed by atoms with van der Waals surface area (Å²) in [5, 5.41) is 2.36. The van der Waals surface area contributed by atoms with E-state index < -0.39 is 23.6 Å². The molecule has 4 heterocycles. The average Bonchev–Trinajstić information content (AvgIpc) is 3.43. The molecule has 9 nitrogen and oxygen atoms in total. The molecular weight excluding hydrogens is 588 g/mol. The number of ether oxygens (including phenoxy) is 1. The number of amides is 1. The summed E-state index contributed by atoms with van der Waals surface area (Å²) in [4.78, 5) is 35.1. The van der Waals surface area contributed by atoms with Crippen LogP contribution in [0.2, 0.25) is 5.02 Å². The molecule has 44 heavy (non-hydrogen) atoms. The molecule has 2 aliphatic rings. The number of anilines is 1. The highest BCUT2D eigenvalue weighted by atomic mass is 35.5. The third-order valence-electron chi connectivity index (χ3n) is 8.42. The van der Waals surface area contributed by atoms with Crippen LogP contribution >= 0.6 is 11.6 Å². The molecule has 0 unspecified atom stereocenters. The van der Waals surface area contributed by atoms with E-state index >= 15 is 4.39 Å². The van der Waals surface area contributed by atoms with Gasteiger partial charge in [0.1, 0.15) is 24.3 Å². The van der Waals surface area contributed by atoms with Crippen LogP contribution < -0.4 is 9.64 Å². The number of rotatable bonds is 7. The fourth-order valence-corrected chi connectivity index (χ4v) is 6.39. The number of aromatic nitrogens is 3. The van der Waals surface area contributed by atoms with E-state index in [9.17, 15) is 9.18 Å². The molecule has 2 aliphatic heterocycles. The number of fused-ring (bicyclic) bond motifs is 2. The Morgan fingerprint density at radius 3 is 2.77 bits per heavy atom. The SMILES string of the molecule is [C-]#[N+]C[C@H]1CN(c2nc(OC[C@@H]3CCCN3C)nc3cc(-c4cncc5cccc(Cl)c45)c(F)cc23)CCN1C(=O)C(=C)F. The Morgan fingerprint density at radius 1 is 1.18 bits per heavy atom. The van der Waals surface area contributed by atoms with Crippen molar-refractivity contribution in [2.75, 3.05) is 51.3 Å². The van der Waals surface area contributed by atoms with Crippen LogP contribution in [0.25, 0.3) is 37.6 Å². The van der Waals surface area contributed by atoms with Crippen molar-refractivity contribution in [3.63, 3.8) is 0 Å². The lowest BCUT2D eigenvalue weighted by Gasteiger charge is -2.39. The van der Waals surface area contributed by atoms with Crippen LogP contribution in [0, 0.1) is 12.4 Å². The Labute approximate surface area is 258 Å². The molecule has 0 aliphatic carbocycles. The second-order valence-corrected chi connectivity index (χ2v) is 11.5. The van der Waals surface area contributed by atoms with Crippen molar-refractivity contribution in [1.82, 2.24) is 24.8 Å². The molecular formula is C32H30ClF2N7O2. The molecule has 2 aromatic heterocycles. The lowest BCUT2D eigenvalue weighted by atomic mass is 9.99. The van der Waals surface area contributed by atoms with Crippen LogP contribution in [0.15, 0.2) is 55.1 Å². The lowest BCUT2D eigenvalue weighted by molar-refractivity contribution is -0.131. The van der Waals surface area contributed by atoms with Crippen molar-refractivity contribution in [2.24, 2.45) is 0 Å². The molecule has 2 saturated heterocycles. The normalized spacial score (nSPS) is 19.0. The summed E-state index contributed by atoms with van der Waals surface area (Å²) >= 11 is 6.56. The molecule has 6 rings (SSSR count). The molecule has 0 radical (unpaired) electrons. The van der Waals surface area contributed by atoms with Gasteiger partial charge in [-0.15, -0.1) is 0 Å². The second kappa shape index (κ2) is 12.3. The first kappa shape index (κ1) is 29.7. The summed E-state index contributed by atoms with van der Waals surface area (Å²) in [5.41, 5.74) is 1.25. The molecule has 12 heteroatoms. The minimum absolute atomic E-state index is 0.0384. The summed E-state index contributed by atoms with van der Waals surface area (Å²) in [6.07, 6.45) is 5.33. The number of hydrogen-bond acceptors (Lipinski definition) is 7. The van der Waals surface area contributed by atoms with Gasteiger partial charge in [-0.3, -0.25) is 9.78 Å². The average molecular weight is 618 g/mol. The number of hydrogen-bond donors (Lipinski definition) is 0. The first-order valence-corrected chi connectivity index (χ1v) is 14.7. The van der Waals surface area contributed by atoms with Crippen molar-refractivity contribution in [2.45, 2.75) is 24.9 Å². The number of carbonyl (C=O) groups is 1. The predicted octanol–water partition coefficient (Wildman–Crippen LogP) is 5.53. The molecule has 2 aromatic carbocycles. The zero-order valence-electron chi connectivity index (χ0n) is 24.1. The lowest BCUT2D eigenvalue weighted by Crippen LogP contribution is -2.56. The summed E-state index contributed by atoms with van der Waals surface area (Å²) in [6, 6.07) is 8.20. The monoisotopic (exact) mass is 617 g/mol. The third kappa shape index (κ3) is 5.63. The Balaban J connectivity index is 1.45. The van der Waals surface area contributed by atoms with Crippen molar-refractivity contribution < 1.29 is 18.3 Å². The van der Waals surface area contributed by atoms with Crippen molar-refractivity contribution >= 4 is 45.0 Å². The fraction of sp³-hybridized carbons (Fsp3) is 0.344. The highest BCUT2D eigenvalue weighted by molar-refractivity contribution is 6.36. The van der Waals surface area contributed by atoms with E-state index in [1.807, 2.05) is 17.0 Å². The zero-order valence-corrected chi connectivity index (χ0v) is 24.9. The third-order valence-corrected chi connectivity index (χ3v) is 8.74. The standard InChI is InChI=1S/C32H30ClF2N7O2/c1-19(34)31(43)42-11-10-41(17-22(42)15-36-2)30-24-12-27(35)23(25-16-37-14-20-6-4-8-26(33)29(20)25)13-28(24)38-32(39-30)44-18-21-7-5-9-40(21)3/h4,6,8,12-14,16,21-22H,1,5,7,9-11,15,17-18H2,3H3/t21-,22-/m0/s1. The zero-order chi connectivity index (χ0) is 31.0. The minimum Gasteiger partial charge on any atom is -0.462 e. The smallest absolute Gasteiger partial charge is 0.319 e. The number of benzene rings is 2. The quantitative estimate of drug-likeness (QED) is 0.199. The van der Waals surface area contributed by atoms with E-state index in [-0.39, 0.29) is 43.8 Å². The molecule has 0 saturated carbocycles. The molecule has 4 aromatic rings. The molecule has 226 valence electrons. The molecule has 2 atom stereocenters. The van der Waals surface area contributed by atoms with E-state index in [1.165, 1.54) is 11.0 Å². The summed E-state index contributed by atoms with van der Waals surface area (Å²) in [5.74, 6) is -2.02. The van der Waals surface area contributed by atoms with Crippen molar-refractivity contribution in [3.8, 4) is 17.1 Å². The maximum absolute atomic E-state index is 16.0. The van der Waals surface area contributed by atoms with Gasteiger partial charge in [0.2, 0.25) is 6.54 Å². The topological polar surface area (TPSA) is 79.1 Å². The van der Waals surface area contributed by atoms with Gasteiger partial charge >= 0.3 is 6.01 Å². The Morgan fingerprint density at radius 2 is 2.02 bits per heavy atom. The van der Waals surface area contributed by atoms with Gasteiger partial charge < -0.3 is 24.3 Å². The highest BCUT2D eigenvalue weighted by Crippen LogP contribution is 2.38. The number of halogens is 3. The first-order valence-electron chi connectivity index (χ1n) is 14.4. The van der Waals surface area contributed by atoms with Gasteiger partial charge in [-0.05, 0) is 44.6 Å². The number of likely N-dealkylation sites (tertiary alicyclic amines) is 1. The second-order valence-electron chi connectivity index (χ2n) is 11.1. The van der Waals surface area contributed by atoms with E-state index in [4.69, 9.17) is 32.9 Å². The minimum atomic E-state index is -1.08. The van der Waals surface area contributed by atoms with Crippen LogP contribution in [0.4, 0.5) is 14.6 Å². The van der Waals surface area contributed by atoms with Crippen LogP contribution in [-0.4, -0.2) is 89.1 Å². The maximum Gasteiger partial charge on any atom is 0.319 e. The Hall–Kier alpha value is -4.40. The number of likely N-dealkylation sites (N-methyl/N-ethyl adjacent to an activating group) is 1. The number of nitrogens with zero attached hydrogens (tertiary/aromatic N) is 7. The predicted molar refractivity (Wildman–Crippen MR) is 166 cm³/mol. The van der Waals surface area contributed by atoms with Gasteiger partial charge in [0, 0.05) is 70.4 Å². The van der Waals surface area contributed by atoms with Crippen molar-refractivity contribution in [3.05, 3.63) is 77.4 Å². The van der Waals surface area contributed by atoms with Crippen molar-refractivity contribution in [1.29, 1.82) is 0 Å². The Kier molecular flexibility index (Phi) is 8.29. The van der Waals surface area contributed by atoms with E-state index in [1.54, 1.807) is 24.5 Å². The molecule has 0 bridgehead atoms. The van der Waals surface area contributed by atoms with Gasteiger partial charge in [-0.2, -0.15) is 9.97 Å². The molecule has 2 fully saturated rings. The van der Waals surface area contributed by atoms with E-state index in [2.05, 4.69) is 28.4 Å². The maximum atomic E-state index is 16.0. The van der Waals surface area contributed by atoms with E-state index in [0.717, 1.165) is 24.8 Å².